The summed E-state index contributed by atoms with van der Waals surface area (Å²) in [5, 5.41) is 13.9. The van der Waals surface area contributed by atoms with Crippen LogP contribution in [0.1, 0.15) is 31.1 Å². The molecule has 3 aromatic rings. The third-order valence-electron chi connectivity index (χ3n) is 5.33. The second-order valence-corrected chi connectivity index (χ2v) is 8.55. The van der Waals surface area contributed by atoms with E-state index in [1.165, 1.54) is 0 Å². The summed E-state index contributed by atoms with van der Waals surface area (Å²) >= 11 is 1.56. The van der Waals surface area contributed by atoms with Crippen LogP contribution in [0.25, 0.3) is 11.6 Å². The Labute approximate surface area is 185 Å². The highest BCUT2D eigenvalue weighted by atomic mass is 32.2. The third-order valence-corrected chi connectivity index (χ3v) is 6.28. The summed E-state index contributed by atoms with van der Waals surface area (Å²) in [6, 6.07) is 3.82. The Kier molecular flexibility index (Phi) is 7.38. The first-order chi connectivity index (χ1) is 15.2. The molecular formula is C20H29N7O3S. The van der Waals surface area contributed by atoms with E-state index in [4.69, 9.17) is 13.7 Å². The lowest BCUT2D eigenvalue weighted by Gasteiger charge is -2.28. The molecular weight excluding hydrogens is 418 g/mol. The second kappa shape index (κ2) is 10.4. The summed E-state index contributed by atoms with van der Waals surface area (Å²) in [5.74, 6) is 3.08. The molecule has 1 fully saturated rings. The van der Waals surface area contributed by atoms with Crippen molar-refractivity contribution in [2.75, 3.05) is 46.9 Å². The van der Waals surface area contributed by atoms with E-state index in [-0.39, 0.29) is 6.04 Å². The van der Waals surface area contributed by atoms with Gasteiger partial charge in [-0.1, -0.05) is 23.8 Å². The fourth-order valence-corrected chi connectivity index (χ4v) is 4.46. The van der Waals surface area contributed by atoms with Crippen LogP contribution in [0.4, 0.5) is 0 Å². The van der Waals surface area contributed by atoms with Crippen LogP contribution in [0, 0.1) is 0 Å². The van der Waals surface area contributed by atoms with Crippen molar-refractivity contribution >= 4 is 11.8 Å². The van der Waals surface area contributed by atoms with E-state index in [0.717, 1.165) is 56.8 Å². The number of aromatic nitrogens is 5. The fraction of sp³-hybridized carbons (Fsp3) is 0.600. The maximum absolute atomic E-state index is 5.47. The molecule has 1 saturated heterocycles. The molecule has 4 rings (SSSR count). The molecule has 0 N–H and O–H groups in total. The molecule has 0 aromatic carbocycles. The summed E-state index contributed by atoms with van der Waals surface area (Å²) in [4.78, 5) is 9.04. The molecule has 1 aliphatic heterocycles. The molecule has 10 nitrogen and oxygen atoms in total. The average molecular weight is 448 g/mol. The van der Waals surface area contributed by atoms with Gasteiger partial charge in [-0.15, -0.1) is 10.2 Å². The molecule has 4 heterocycles. The smallest absolute Gasteiger partial charge is 0.238 e. The topological polar surface area (TPSA) is 98.5 Å². The lowest BCUT2D eigenvalue weighted by Crippen LogP contribution is -2.38. The highest BCUT2D eigenvalue weighted by molar-refractivity contribution is 7.98. The molecule has 0 radical (unpaired) electrons. The molecule has 168 valence electrons. The standard InChI is InChI=1S/C20H29N7O3S/c1-4-15(25(2)3)19-22-23-20(27(19)8-7-26-9-12-28-13-10-26)31-14-17-21-18(24-30-17)16-6-5-11-29-16/h5-6,11,15H,4,7-10,12-14H2,1-3H3. The van der Waals surface area contributed by atoms with Gasteiger partial charge in [0.1, 0.15) is 0 Å². The van der Waals surface area contributed by atoms with Gasteiger partial charge in [0.05, 0.1) is 31.3 Å². The van der Waals surface area contributed by atoms with Crippen LogP contribution >= 0.6 is 11.8 Å². The van der Waals surface area contributed by atoms with Crippen molar-refractivity contribution in [1.29, 1.82) is 0 Å². The van der Waals surface area contributed by atoms with Crippen molar-refractivity contribution < 1.29 is 13.7 Å². The molecule has 0 aliphatic carbocycles. The molecule has 1 aliphatic rings. The zero-order valence-electron chi connectivity index (χ0n) is 18.2. The van der Waals surface area contributed by atoms with Crippen molar-refractivity contribution in [3.05, 3.63) is 30.1 Å². The highest BCUT2D eigenvalue weighted by Gasteiger charge is 2.23. The van der Waals surface area contributed by atoms with Gasteiger partial charge in [0, 0.05) is 26.2 Å². The van der Waals surface area contributed by atoms with Crippen LogP contribution < -0.4 is 0 Å². The zero-order valence-corrected chi connectivity index (χ0v) is 19.0. The number of furan rings is 1. The van der Waals surface area contributed by atoms with Gasteiger partial charge in [-0.05, 0) is 32.6 Å². The van der Waals surface area contributed by atoms with Crippen LogP contribution in [-0.2, 0) is 17.0 Å². The summed E-state index contributed by atoms with van der Waals surface area (Å²) in [6.07, 6.45) is 2.55. The van der Waals surface area contributed by atoms with E-state index in [9.17, 15) is 0 Å². The Bertz CT molecular complexity index is 935. The molecule has 11 heteroatoms. The minimum Gasteiger partial charge on any atom is -0.461 e. The molecule has 0 spiro atoms. The Hall–Kier alpha value is -2.21. The Morgan fingerprint density at radius 2 is 2.03 bits per heavy atom. The van der Waals surface area contributed by atoms with Gasteiger partial charge >= 0.3 is 0 Å². The van der Waals surface area contributed by atoms with Crippen LogP contribution in [0.5, 0.6) is 0 Å². The molecule has 0 bridgehead atoms. The molecule has 0 amide bonds. The minimum absolute atomic E-state index is 0.209. The van der Waals surface area contributed by atoms with Crippen molar-refractivity contribution in [3.63, 3.8) is 0 Å². The third kappa shape index (κ3) is 5.35. The first-order valence-electron chi connectivity index (χ1n) is 10.5. The van der Waals surface area contributed by atoms with E-state index in [1.54, 1.807) is 24.1 Å². The van der Waals surface area contributed by atoms with Crippen LogP contribution in [0.15, 0.2) is 32.5 Å². The second-order valence-electron chi connectivity index (χ2n) is 7.61. The van der Waals surface area contributed by atoms with Crippen LogP contribution in [0.2, 0.25) is 0 Å². The first kappa shape index (κ1) is 22.0. The number of ether oxygens (including phenoxy) is 1. The summed E-state index contributed by atoms with van der Waals surface area (Å²) in [5.41, 5.74) is 0. The van der Waals surface area contributed by atoms with E-state index in [2.05, 4.69) is 55.7 Å². The molecule has 0 saturated carbocycles. The van der Waals surface area contributed by atoms with Gasteiger partial charge in [0.2, 0.25) is 11.7 Å². The molecule has 1 atom stereocenters. The van der Waals surface area contributed by atoms with Gasteiger partial charge in [-0.3, -0.25) is 9.80 Å². The van der Waals surface area contributed by atoms with E-state index in [1.807, 2.05) is 6.07 Å². The van der Waals surface area contributed by atoms with Crippen molar-refractivity contribution in [2.45, 2.75) is 36.8 Å². The number of morpholine rings is 1. The lowest BCUT2D eigenvalue weighted by atomic mass is 10.2. The number of hydrogen-bond donors (Lipinski definition) is 0. The fourth-order valence-electron chi connectivity index (χ4n) is 3.65. The SMILES string of the molecule is CCC(c1nnc(SCc2nc(-c3ccco3)no2)n1CCN1CCOCC1)N(C)C. The monoisotopic (exact) mass is 447 g/mol. The summed E-state index contributed by atoms with van der Waals surface area (Å²) in [6.45, 7) is 7.45. The van der Waals surface area contributed by atoms with E-state index >= 15 is 0 Å². The summed E-state index contributed by atoms with van der Waals surface area (Å²) < 4.78 is 18.4. The number of rotatable bonds is 10. The number of nitrogens with zero attached hydrogens (tertiary/aromatic N) is 7. The predicted octanol–water partition coefficient (Wildman–Crippen LogP) is 2.56. The van der Waals surface area contributed by atoms with Gasteiger partial charge < -0.3 is 18.2 Å². The van der Waals surface area contributed by atoms with Gasteiger partial charge in [0.15, 0.2) is 16.7 Å². The normalized spacial score (nSPS) is 16.3. The van der Waals surface area contributed by atoms with Crippen molar-refractivity contribution in [2.24, 2.45) is 0 Å². The predicted molar refractivity (Wildman–Crippen MR) is 116 cm³/mol. The summed E-state index contributed by atoms with van der Waals surface area (Å²) in [7, 11) is 4.16. The Morgan fingerprint density at radius 3 is 2.74 bits per heavy atom. The quantitative estimate of drug-likeness (QED) is 0.431. The minimum atomic E-state index is 0.209. The van der Waals surface area contributed by atoms with Crippen LogP contribution in [0.3, 0.4) is 0 Å². The van der Waals surface area contributed by atoms with Gasteiger partial charge in [0.25, 0.3) is 0 Å². The molecule has 31 heavy (non-hydrogen) atoms. The zero-order chi connectivity index (χ0) is 21.6. The lowest BCUT2D eigenvalue weighted by molar-refractivity contribution is 0.0358. The number of hydrogen-bond acceptors (Lipinski definition) is 10. The first-order valence-corrected chi connectivity index (χ1v) is 11.5. The largest absolute Gasteiger partial charge is 0.461 e. The maximum Gasteiger partial charge on any atom is 0.238 e. The van der Waals surface area contributed by atoms with Crippen molar-refractivity contribution in [3.8, 4) is 11.6 Å². The molecule has 3 aromatic heterocycles. The maximum atomic E-state index is 5.47. The van der Waals surface area contributed by atoms with E-state index < -0.39 is 0 Å². The molecule has 1 unspecified atom stereocenters. The highest BCUT2D eigenvalue weighted by Crippen LogP contribution is 2.27. The average Bonchev–Trinajstić information content (AvgIpc) is 3.53. The number of thioether (sulfide) groups is 1. The van der Waals surface area contributed by atoms with Crippen LogP contribution in [-0.4, -0.2) is 81.6 Å². The van der Waals surface area contributed by atoms with Gasteiger partial charge in [-0.25, -0.2) is 0 Å². The Morgan fingerprint density at radius 1 is 1.19 bits per heavy atom. The van der Waals surface area contributed by atoms with Crippen molar-refractivity contribution in [1.82, 2.24) is 34.7 Å². The Balaban J connectivity index is 1.48. The van der Waals surface area contributed by atoms with E-state index in [0.29, 0.717) is 23.2 Å². The van der Waals surface area contributed by atoms with Gasteiger partial charge in [-0.2, -0.15) is 4.98 Å².